The first-order valence-corrected chi connectivity index (χ1v) is 11.9. The lowest BCUT2D eigenvalue weighted by molar-refractivity contribution is -0.0772. The van der Waals surface area contributed by atoms with E-state index < -0.39 is 12.0 Å². The fraction of sp³-hybridized carbons (Fsp3) is 0.542. The zero-order valence-corrected chi connectivity index (χ0v) is 20.9. The number of carbonyl (C=O) groups is 2. The number of hydroxylamine groups is 2. The normalized spacial score (nSPS) is 20.1. The van der Waals surface area contributed by atoms with Crippen LogP contribution in [0.3, 0.4) is 0 Å². The molecule has 2 amide bonds. The van der Waals surface area contributed by atoms with Crippen LogP contribution in [-0.2, 0) is 14.3 Å². The first-order chi connectivity index (χ1) is 16.9. The van der Waals surface area contributed by atoms with Crippen molar-refractivity contribution in [1.82, 2.24) is 20.5 Å². The van der Waals surface area contributed by atoms with E-state index in [1.165, 1.54) is 19.1 Å². The first kappa shape index (κ1) is 25.0. The number of carbonyl (C=O) groups excluding carboxylic acids is 2. The number of furan rings is 1. The SMILES string of the molecule is CCOC(=O)N(c1c(C(=O)N(C)OC)oc2ccc(C3=CN(C)NC3)nc12)[C@H]1CCO[C@@H](CC)C1. The van der Waals surface area contributed by atoms with Crippen molar-refractivity contribution in [2.75, 3.05) is 45.9 Å². The second-order valence-electron chi connectivity index (χ2n) is 8.56. The maximum Gasteiger partial charge on any atom is 0.414 e. The summed E-state index contributed by atoms with van der Waals surface area (Å²) in [6, 6.07) is 3.36. The maximum atomic E-state index is 13.4. The number of fused-ring (bicyclic) bond motifs is 1. The molecular weight excluding hydrogens is 454 g/mol. The molecule has 11 heteroatoms. The molecule has 0 spiro atoms. The van der Waals surface area contributed by atoms with Crippen molar-refractivity contribution in [3.8, 4) is 0 Å². The molecule has 2 aromatic rings. The van der Waals surface area contributed by atoms with E-state index in [0.717, 1.165) is 22.8 Å². The van der Waals surface area contributed by atoms with Crippen molar-refractivity contribution in [1.29, 1.82) is 0 Å². The molecule has 2 atom stereocenters. The van der Waals surface area contributed by atoms with Crippen LogP contribution in [0.25, 0.3) is 16.7 Å². The summed E-state index contributed by atoms with van der Waals surface area (Å²) in [6.45, 7) is 5.10. The van der Waals surface area contributed by atoms with E-state index in [4.69, 9.17) is 23.7 Å². The average Bonchev–Trinajstić information content (AvgIpc) is 3.47. The molecule has 0 bridgehead atoms. The quantitative estimate of drug-likeness (QED) is 0.589. The lowest BCUT2D eigenvalue weighted by atomic mass is 9.99. The number of anilines is 1. The zero-order chi connectivity index (χ0) is 25.1. The van der Waals surface area contributed by atoms with Gasteiger partial charge in [-0.25, -0.2) is 20.3 Å². The monoisotopic (exact) mass is 487 g/mol. The van der Waals surface area contributed by atoms with E-state index in [-0.39, 0.29) is 30.2 Å². The van der Waals surface area contributed by atoms with Crippen molar-refractivity contribution in [2.24, 2.45) is 0 Å². The zero-order valence-electron chi connectivity index (χ0n) is 20.9. The molecule has 2 aliphatic heterocycles. The number of hydrogen-bond donors (Lipinski definition) is 1. The fourth-order valence-electron chi connectivity index (χ4n) is 4.42. The van der Waals surface area contributed by atoms with E-state index >= 15 is 0 Å². The lowest BCUT2D eigenvalue weighted by Crippen LogP contribution is -2.47. The number of hydrogen-bond acceptors (Lipinski definition) is 9. The molecule has 1 fully saturated rings. The van der Waals surface area contributed by atoms with Crippen LogP contribution < -0.4 is 10.3 Å². The van der Waals surface area contributed by atoms with Crippen molar-refractivity contribution in [3.63, 3.8) is 0 Å². The van der Waals surface area contributed by atoms with Gasteiger partial charge in [-0.1, -0.05) is 6.92 Å². The van der Waals surface area contributed by atoms with Gasteiger partial charge in [-0.05, 0) is 38.3 Å². The van der Waals surface area contributed by atoms with E-state index in [9.17, 15) is 9.59 Å². The van der Waals surface area contributed by atoms with E-state index in [1.54, 1.807) is 13.0 Å². The minimum Gasteiger partial charge on any atom is -0.449 e. The smallest absolute Gasteiger partial charge is 0.414 e. The molecule has 4 heterocycles. The minimum absolute atomic E-state index is 0.00146. The van der Waals surface area contributed by atoms with Gasteiger partial charge in [-0.3, -0.25) is 14.5 Å². The highest BCUT2D eigenvalue weighted by atomic mass is 16.7. The second-order valence-corrected chi connectivity index (χ2v) is 8.56. The van der Waals surface area contributed by atoms with Crippen LogP contribution in [0.5, 0.6) is 0 Å². The summed E-state index contributed by atoms with van der Waals surface area (Å²) in [7, 11) is 4.78. The van der Waals surface area contributed by atoms with Crippen molar-refractivity contribution < 1.29 is 28.3 Å². The summed E-state index contributed by atoms with van der Waals surface area (Å²) in [5.41, 5.74) is 5.99. The molecular formula is C24H33N5O6. The van der Waals surface area contributed by atoms with Gasteiger partial charge in [0.05, 0.1) is 25.5 Å². The number of hydrazine groups is 1. The van der Waals surface area contributed by atoms with Crippen molar-refractivity contribution >= 4 is 34.4 Å². The van der Waals surface area contributed by atoms with E-state index in [1.807, 2.05) is 31.2 Å². The Kier molecular flexibility index (Phi) is 7.58. The highest BCUT2D eigenvalue weighted by Crippen LogP contribution is 2.38. The second kappa shape index (κ2) is 10.6. The van der Waals surface area contributed by atoms with Gasteiger partial charge in [-0.15, -0.1) is 0 Å². The number of amides is 2. The third-order valence-electron chi connectivity index (χ3n) is 6.33. The summed E-state index contributed by atoms with van der Waals surface area (Å²) < 4.78 is 17.3. The molecule has 0 saturated carbocycles. The molecule has 11 nitrogen and oxygen atoms in total. The van der Waals surface area contributed by atoms with Gasteiger partial charge in [0.2, 0.25) is 5.76 Å². The Labute approximate surface area is 204 Å². The average molecular weight is 488 g/mol. The molecule has 4 rings (SSSR count). The predicted octanol–water partition coefficient (Wildman–Crippen LogP) is 3.17. The van der Waals surface area contributed by atoms with Gasteiger partial charge in [-0.2, -0.15) is 0 Å². The van der Waals surface area contributed by atoms with Gasteiger partial charge in [0, 0.05) is 45.1 Å². The van der Waals surface area contributed by atoms with Gasteiger partial charge >= 0.3 is 12.0 Å². The van der Waals surface area contributed by atoms with Crippen LogP contribution in [0.2, 0.25) is 0 Å². The molecule has 35 heavy (non-hydrogen) atoms. The maximum absolute atomic E-state index is 13.4. The summed E-state index contributed by atoms with van der Waals surface area (Å²) in [5.74, 6) is -0.561. The van der Waals surface area contributed by atoms with Crippen LogP contribution in [-0.4, -0.2) is 80.2 Å². The van der Waals surface area contributed by atoms with Crippen LogP contribution in [0.1, 0.15) is 49.4 Å². The fourth-order valence-corrected chi connectivity index (χ4v) is 4.42. The van der Waals surface area contributed by atoms with Crippen molar-refractivity contribution in [2.45, 2.75) is 45.3 Å². The Bertz CT molecular complexity index is 1120. The van der Waals surface area contributed by atoms with Gasteiger partial charge in [0.25, 0.3) is 0 Å². The van der Waals surface area contributed by atoms with Crippen LogP contribution in [0.4, 0.5) is 10.5 Å². The Balaban J connectivity index is 1.90. The van der Waals surface area contributed by atoms with E-state index in [2.05, 4.69) is 5.43 Å². The highest BCUT2D eigenvalue weighted by Gasteiger charge is 2.38. The largest absolute Gasteiger partial charge is 0.449 e. The predicted molar refractivity (Wildman–Crippen MR) is 129 cm³/mol. The molecule has 0 radical (unpaired) electrons. The summed E-state index contributed by atoms with van der Waals surface area (Å²) >= 11 is 0. The first-order valence-electron chi connectivity index (χ1n) is 11.9. The number of pyridine rings is 1. The lowest BCUT2D eigenvalue weighted by Gasteiger charge is -2.36. The minimum atomic E-state index is -0.556. The number of ether oxygens (including phenoxy) is 2. The number of nitrogens with zero attached hydrogens (tertiary/aromatic N) is 4. The summed E-state index contributed by atoms with van der Waals surface area (Å²) in [5, 5.41) is 2.92. The highest BCUT2D eigenvalue weighted by molar-refractivity contribution is 6.09. The van der Waals surface area contributed by atoms with Crippen LogP contribution >= 0.6 is 0 Å². The van der Waals surface area contributed by atoms with E-state index in [0.29, 0.717) is 37.1 Å². The molecule has 2 aliphatic rings. The Morgan fingerprint density at radius 1 is 1.31 bits per heavy atom. The Hall–Kier alpha value is -3.15. The molecule has 0 aliphatic carbocycles. The number of aromatic nitrogens is 1. The third-order valence-corrected chi connectivity index (χ3v) is 6.33. The van der Waals surface area contributed by atoms with Gasteiger partial charge in [0.15, 0.2) is 5.58 Å². The number of rotatable bonds is 7. The number of nitrogens with one attached hydrogen (secondary N) is 1. The topological polar surface area (TPSA) is 110 Å². The van der Waals surface area contributed by atoms with Crippen LogP contribution in [0.15, 0.2) is 22.7 Å². The molecule has 0 unspecified atom stereocenters. The summed E-state index contributed by atoms with van der Waals surface area (Å²) in [6.07, 6.45) is 3.41. The van der Waals surface area contributed by atoms with Crippen molar-refractivity contribution in [3.05, 3.63) is 29.8 Å². The van der Waals surface area contributed by atoms with Crippen LogP contribution in [0, 0.1) is 0 Å². The molecule has 2 aromatic heterocycles. The standard InChI is InChI=1S/C24H33N5O6/c1-6-17-12-16(10-11-34-17)29(24(31)33-7-2)21-20-19(35-22(21)23(30)28(4)32-5)9-8-18(26-20)15-13-25-27(3)14-15/h8-9,14,16-17,25H,6-7,10-13H2,1-5H3/t16-,17-/m0/s1. The molecule has 1 N–H and O–H groups in total. The molecule has 0 aromatic carbocycles. The molecule has 1 saturated heterocycles. The molecule has 190 valence electrons. The Morgan fingerprint density at radius 3 is 2.77 bits per heavy atom. The summed E-state index contributed by atoms with van der Waals surface area (Å²) in [4.78, 5) is 38.2. The third kappa shape index (κ3) is 4.97. The Morgan fingerprint density at radius 2 is 2.11 bits per heavy atom. The van der Waals surface area contributed by atoms with Gasteiger partial charge < -0.3 is 18.9 Å². The van der Waals surface area contributed by atoms with Gasteiger partial charge in [0.1, 0.15) is 11.2 Å².